The maximum atomic E-state index is 11.4. The highest BCUT2D eigenvalue weighted by Gasteiger charge is 2.96. The van der Waals surface area contributed by atoms with Gasteiger partial charge >= 0.3 is 11.9 Å². The van der Waals surface area contributed by atoms with Gasteiger partial charge in [-0.3, -0.25) is 9.59 Å². The molecule has 0 radical (unpaired) electrons. The molecular weight excluding hydrogens is 220 g/mol. The molecule has 0 aliphatic heterocycles. The number of carbonyl (C=O) groups is 2. The van der Waals surface area contributed by atoms with Gasteiger partial charge in [0.1, 0.15) is 0 Å². The lowest BCUT2D eigenvalue weighted by Crippen LogP contribution is -2.97. The van der Waals surface area contributed by atoms with Crippen molar-refractivity contribution in [3.63, 3.8) is 0 Å². The molecule has 0 heterocycles. The van der Waals surface area contributed by atoms with Crippen LogP contribution in [0.4, 0.5) is 0 Å². The molecule has 6 rings (SSSR count). The Balaban J connectivity index is 1.63. The minimum Gasteiger partial charge on any atom is -0.481 e. The lowest BCUT2D eigenvalue weighted by atomic mass is 9.04. The second-order valence-electron chi connectivity index (χ2n) is 6.98. The molecule has 6 fully saturated rings. The van der Waals surface area contributed by atoms with E-state index < -0.39 is 23.8 Å². The molecule has 0 aromatic rings. The predicted molar refractivity (Wildman–Crippen MR) is 54.8 cm³/mol. The Morgan fingerprint density at radius 1 is 0.824 bits per heavy atom. The fourth-order valence-corrected chi connectivity index (χ4v) is 7.35. The normalized spacial score (nSPS) is 71.2. The summed E-state index contributed by atoms with van der Waals surface area (Å²) in [6.07, 6.45) is 0. The zero-order valence-corrected chi connectivity index (χ0v) is 9.41. The van der Waals surface area contributed by atoms with Crippen LogP contribution in [0.25, 0.3) is 0 Å². The fraction of sp³-hybridized carbons (Fsp3) is 0.846. The predicted octanol–water partition coefficient (Wildman–Crippen LogP) is 0.776. The van der Waals surface area contributed by atoms with Crippen LogP contribution in [0.3, 0.4) is 0 Å². The molecule has 2 bridgehead atoms. The van der Waals surface area contributed by atoms with Crippen LogP contribution in [0.1, 0.15) is 6.92 Å². The van der Waals surface area contributed by atoms with Crippen molar-refractivity contribution in [1.82, 2.24) is 0 Å². The third-order valence-corrected chi connectivity index (χ3v) is 7.32. The smallest absolute Gasteiger partial charge is 0.307 e. The maximum Gasteiger partial charge on any atom is 0.307 e. The molecule has 6 aliphatic carbocycles. The number of fused-ring (bicyclic) bond motifs is 1. The van der Waals surface area contributed by atoms with Gasteiger partial charge in [0.2, 0.25) is 0 Å². The lowest BCUT2D eigenvalue weighted by Gasteiger charge is -2.99. The average Bonchev–Trinajstić information content (AvgIpc) is 2.24. The first-order valence-corrected chi connectivity index (χ1v) is 6.47. The molecular formula is C13H14O4. The van der Waals surface area contributed by atoms with E-state index in [0.29, 0.717) is 29.1 Å². The highest BCUT2D eigenvalue weighted by atomic mass is 16.4. The number of hydrogen-bond acceptors (Lipinski definition) is 2. The maximum absolute atomic E-state index is 11.4. The number of hydrogen-bond donors (Lipinski definition) is 2. The van der Waals surface area contributed by atoms with Gasteiger partial charge in [0, 0.05) is 0 Å². The van der Waals surface area contributed by atoms with Crippen LogP contribution < -0.4 is 0 Å². The second-order valence-corrected chi connectivity index (χ2v) is 6.98. The number of aliphatic carboxylic acids is 2. The van der Waals surface area contributed by atoms with Gasteiger partial charge in [-0.2, -0.15) is 0 Å². The summed E-state index contributed by atoms with van der Waals surface area (Å²) in [6, 6.07) is 0. The van der Waals surface area contributed by atoms with E-state index in [1.807, 2.05) is 0 Å². The molecule has 0 aromatic heterocycles. The van der Waals surface area contributed by atoms with Crippen LogP contribution in [0.5, 0.6) is 0 Å². The molecule has 6 aliphatic rings. The summed E-state index contributed by atoms with van der Waals surface area (Å²) in [5.74, 6) is 0.418. The summed E-state index contributed by atoms with van der Waals surface area (Å²) in [5.41, 5.74) is 0.424. The van der Waals surface area contributed by atoms with Gasteiger partial charge in [0.15, 0.2) is 0 Å². The lowest BCUT2D eigenvalue weighted by molar-refractivity contribution is -0.526. The molecule has 10 atom stereocenters. The van der Waals surface area contributed by atoms with Gasteiger partial charge in [-0.25, -0.2) is 0 Å². The zero-order chi connectivity index (χ0) is 11.9. The average molecular weight is 234 g/mol. The van der Waals surface area contributed by atoms with Crippen LogP contribution in [-0.4, -0.2) is 22.2 Å². The number of carboxylic acid groups (broad SMARTS) is 2. The molecule has 17 heavy (non-hydrogen) atoms. The van der Waals surface area contributed by atoms with E-state index in [2.05, 4.69) is 6.92 Å². The third-order valence-electron chi connectivity index (χ3n) is 7.32. The van der Waals surface area contributed by atoms with E-state index in [-0.39, 0.29) is 11.8 Å². The van der Waals surface area contributed by atoms with E-state index in [4.69, 9.17) is 0 Å². The molecule has 0 spiro atoms. The van der Waals surface area contributed by atoms with E-state index in [9.17, 15) is 19.8 Å². The van der Waals surface area contributed by atoms with Crippen LogP contribution in [0, 0.1) is 58.7 Å². The van der Waals surface area contributed by atoms with Gasteiger partial charge in [0.25, 0.3) is 0 Å². The Morgan fingerprint density at radius 2 is 1.24 bits per heavy atom. The summed E-state index contributed by atoms with van der Waals surface area (Å²) in [6.45, 7) is 2.30. The molecule has 2 N–H and O–H groups in total. The Hall–Kier alpha value is -1.06. The summed E-state index contributed by atoms with van der Waals surface area (Å²) >= 11 is 0. The molecule has 4 nitrogen and oxygen atoms in total. The number of carboxylic acids is 2. The number of rotatable bonds is 2. The van der Waals surface area contributed by atoms with Gasteiger partial charge in [-0.1, -0.05) is 6.92 Å². The van der Waals surface area contributed by atoms with Crippen molar-refractivity contribution in [1.29, 1.82) is 0 Å². The molecule has 4 heteroatoms. The Labute approximate surface area is 98.0 Å². The van der Waals surface area contributed by atoms with Gasteiger partial charge in [0.05, 0.1) is 11.8 Å². The topological polar surface area (TPSA) is 74.6 Å². The van der Waals surface area contributed by atoms with Crippen LogP contribution >= 0.6 is 0 Å². The first-order chi connectivity index (χ1) is 8.01. The van der Waals surface area contributed by atoms with Crippen molar-refractivity contribution >= 4 is 11.9 Å². The van der Waals surface area contributed by atoms with Crippen molar-refractivity contribution < 1.29 is 19.8 Å². The Kier molecular flexibility index (Phi) is 1.06. The highest BCUT2D eigenvalue weighted by Crippen LogP contribution is 2.98. The summed E-state index contributed by atoms with van der Waals surface area (Å²) in [7, 11) is 0. The van der Waals surface area contributed by atoms with E-state index >= 15 is 0 Å². The minimum absolute atomic E-state index is 0.184. The van der Waals surface area contributed by atoms with Crippen LogP contribution in [-0.2, 0) is 9.59 Å². The highest BCUT2D eigenvalue weighted by molar-refractivity contribution is 5.83. The molecule has 4 unspecified atom stereocenters. The Morgan fingerprint density at radius 3 is 1.71 bits per heavy atom. The van der Waals surface area contributed by atoms with E-state index in [1.165, 1.54) is 0 Å². The molecule has 0 saturated heterocycles. The second kappa shape index (κ2) is 2.02. The first-order valence-electron chi connectivity index (χ1n) is 6.47. The molecule has 0 amide bonds. The molecule has 0 aromatic carbocycles. The SMILES string of the molecule is CC12C3[C@H]4C5[C@@H]3[C@H]1C([C@@H](C(=O)O)[C@H]5C(=O)O)[C@H]42. The van der Waals surface area contributed by atoms with Crippen molar-refractivity contribution in [3.05, 3.63) is 0 Å². The standard InChI is InChI=1S/C13H14O4/c1-13-8-5-2-3(11(14)15)4(12(16)17)7(9(5)13)10(13)6(2)8/h2-10H,1H3,(H,14,15)(H,16,17)/t2?,3-,4-,5-,6+,7?,8?,9-,10-,13?/m0/s1. The van der Waals surface area contributed by atoms with Crippen molar-refractivity contribution in [3.8, 4) is 0 Å². The largest absolute Gasteiger partial charge is 0.481 e. The van der Waals surface area contributed by atoms with E-state index in [0.717, 1.165) is 5.92 Å². The minimum atomic E-state index is -0.873. The van der Waals surface area contributed by atoms with Crippen molar-refractivity contribution in [2.75, 3.05) is 0 Å². The molecule has 90 valence electrons. The monoisotopic (exact) mass is 234 g/mol. The zero-order valence-electron chi connectivity index (χ0n) is 9.41. The van der Waals surface area contributed by atoms with Crippen molar-refractivity contribution in [2.24, 2.45) is 58.7 Å². The summed E-state index contributed by atoms with van der Waals surface area (Å²) < 4.78 is 0. The summed E-state index contributed by atoms with van der Waals surface area (Å²) in [4.78, 5) is 22.8. The molecule has 6 saturated carbocycles. The quantitative estimate of drug-likeness (QED) is 0.740. The summed E-state index contributed by atoms with van der Waals surface area (Å²) in [5, 5.41) is 18.7. The van der Waals surface area contributed by atoms with Gasteiger partial charge in [-0.05, 0) is 46.8 Å². The third kappa shape index (κ3) is 0.526. The van der Waals surface area contributed by atoms with Gasteiger partial charge < -0.3 is 10.2 Å². The first kappa shape index (κ1) is 8.95. The van der Waals surface area contributed by atoms with Crippen LogP contribution in [0.15, 0.2) is 0 Å². The van der Waals surface area contributed by atoms with Gasteiger partial charge in [-0.15, -0.1) is 0 Å². The fourth-order valence-electron chi connectivity index (χ4n) is 7.35. The van der Waals surface area contributed by atoms with Crippen LogP contribution in [0.2, 0.25) is 0 Å². The van der Waals surface area contributed by atoms with Crippen molar-refractivity contribution in [2.45, 2.75) is 6.92 Å². The Bertz CT molecular complexity index is 478. The van der Waals surface area contributed by atoms with E-state index in [1.54, 1.807) is 0 Å².